The number of anilines is 1. The van der Waals surface area contributed by atoms with Crippen molar-refractivity contribution >= 4 is 23.1 Å². The molecule has 0 aromatic carbocycles. The van der Waals surface area contributed by atoms with Gasteiger partial charge in [-0.25, -0.2) is 9.78 Å². The molecule has 9 heteroatoms. The van der Waals surface area contributed by atoms with Crippen LogP contribution in [-0.2, 0) is 10.5 Å². The molecular formula is C10H14N6O3. The molecule has 9 nitrogen and oxygen atoms in total. The van der Waals surface area contributed by atoms with E-state index in [9.17, 15) is 14.7 Å². The van der Waals surface area contributed by atoms with E-state index >= 15 is 0 Å². The van der Waals surface area contributed by atoms with Crippen molar-refractivity contribution in [1.82, 2.24) is 19.5 Å². The third-order valence-electron chi connectivity index (χ3n) is 3.05. The molecule has 2 aromatic rings. The number of fused-ring (bicyclic) bond motifs is 1. The molecule has 2 heterocycles. The van der Waals surface area contributed by atoms with E-state index in [0.29, 0.717) is 0 Å². The highest BCUT2D eigenvalue weighted by atomic mass is 16.4. The van der Waals surface area contributed by atoms with E-state index < -0.39 is 23.1 Å². The lowest BCUT2D eigenvalue weighted by Crippen LogP contribution is -2.54. The average Bonchev–Trinajstić information content (AvgIpc) is 2.71. The van der Waals surface area contributed by atoms with Gasteiger partial charge in [0, 0.05) is 5.92 Å². The van der Waals surface area contributed by atoms with E-state index in [1.807, 2.05) is 0 Å². The van der Waals surface area contributed by atoms with E-state index in [0.717, 1.165) is 4.57 Å². The lowest BCUT2D eigenvalue weighted by atomic mass is 9.97. The summed E-state index contributed by atoms with van der Waals surface area (Å²) in [6.07, 6.45) is 1.18. The number of carboxylic acids is 1. The maximum absolute atomic E-state index is 11.6. The van der Waals surface area contributed by atoms with Crippen LogP contribution < -0.4 is 17.0 Å². The van der Waals surface area contributed by atoms with Crippen molar-refractivity contribution in [3.8, 4) is 0 Å². The number of nitrogens with two attached hydrogens (primary N) is 2. The molecule has 0 fully saturated rings. The zero-order valence-electron chi connectivity index (χ0n) is 10.4. The minimum absolute atomic E-state index is 0.00840. The quantitative estimate of drug-likeness (QED) is 0.558. The number of aliphatic carboxylic acids is 1. The zero-order valence-corrected chi connectivity index (χ0v) is 10.4. The van der Waals surface area contributed by atoms with Crippen LogP contribution in [0.5, 0.6) is 0 Å². The molecule has 19 heavy (non-hydrogen) atoms. The van der Waals surface area contributed by atoms with Crippen LogP contribution in [0, 0.1) is 5.92 Å². The van der Waals surface area contributed by atoms with Gasteiger partial charge in [0.25, 0.3) is 5.56 Å². The van der Waals surface area contributed by atoms with Crippen molar-refractivity contribution < 1.29 is 9.90 Å². The van der Waals surface area contributed by atoms with Gasteiger partial charge < -0.3 is 10.8 Å². The molecule has 0 aliphatic heterocycles. The summed E-state index contributed by atoms with van der Waals surface area (Å²) < 4.78 is 1.15. The van der Waals surface area contributed by atoms with Crippen molar-refractivity contribution in [3.05, 3.63) is 16.7 Å². The molecular weight excluding hydrogens is 252 g/mol. The second kappa shape index (κ2) is 4.05. The fourth-order valence-corrected chi connectivity index (χ4v) is 1.83. The van der Waals surface area contributed by atoms with Crippen LogP contribution in [0.3, 0.4) is 0 Å². The molecule has 0 aliphatic carbocycles. The Balaban J connectivity index is 2.83. The minimum atomic E-state index is -1.76. The summed E-state index contributed by atoms with van der Waals surface area (Å²) in [5.74, 6) is -1.83. The number of nitrogen functional groups attached to an aromatic ring is 1. The number of hydrogen-bond acceptors (Lipinski definition) is 6. The second-order valence-electron chi connectivity index (χ2n) is 4.52. The molecule has 0 amide bonds. The fraction of sp³-hybridized carbons (Fsp3) is 0.400. The lowest BCUT2D eigenvalue weighted by molar-refractivity contribution is -0.149. The van der Waals surface area contributed by atoms with Crippen LogP contribution >= 0.6 is 0 Å². The third-order valence-corrected chi connectivity index (χ3v) is 3.05. The smallest absolute Gasteiger partial charge is 0.345 e. The van der Waals surface area contributed by atoms with Gasteiger partial charge in [-0.2, -0.15) is 4.98 Å². The SMILES string of the molecule is CC(C)[C@](N)(C(=O)O)n1cnc2c(=O)[nH]c(N)nc21. The first-order chi connectivity index (χ1) is 8.78. The van der Waals surface area contributed by atoms with Crippen LogP contribution in [0.25, 0.3) is 11.2 Å². The number of aromatic amines is 1. The number of hydrogen-bond donors (Lipinski definition) is 4. The number of carboxylic acid groups (broad SMARTS) is 1. The molecule has 2 aromatic heterocycles. The summed E-state index contributed by atoms with van der Waals surface area (Å²) in [6, 6.07) is 0. The van der Waals surface area contributed by atoms with Gasteiger partial charge in [0.1, 0.15) is 0 Å². The van der Waals surface area contributed by atoms with Crippen LogP contribution in [0.4, 0.5) is 5.95 Å². The highest BCUT2D eigenvalue weighted by molar-refractivity contribution is 5.80. The Kier molecular flexibility index (Phi) is 2.78. The number of nitrogens with one attached hydrogen (secondary N) is 1. The van der Waals surface area contributed by atoms with Crippen LogP contribution in [0.15, 0.2) is 11.1 Å². The molecule has 0 saturated carbocycles. The van der Waals surface area contributed by atoms with Gasteiger partial charge in [-0.1, -0.05) is 13.8 Å². The summed E-state index contributed by atoms with van der Waals surface area (Å²) in [5, 5.41) is 9.35. The first kappa shape index (κ1) is 13.0. The largest absolute Gasteiger partial charge is 0.478 e. The molecule has 0 aliphatic rings. The van der Waals surface area contributed by atoms with Crippen molar-refractivity contribution in [2.75, 3.05) is 5.73 Å². The Morgan fingerprint density at radius 3 is 2.74 bits per heavy atom. The standard InChI is InChI=1S/C10H14N6O3/c1-4(2)10(12,8(18)19)16-3-13-5-6(16)14-9(11)15-7(5)17/h3-4H,12H2,1-2H3,(H,18,19)(H3,11,14,15,17)/t10-/m1/s1. The molecule has 0 spiro atoms. The molecule has 1 atom stereocenters. The second-order valence-corrected chi connectivity index (χ2v) is 4.52. The maximum Gasteiger partial charge on any atom is 0.345 e. The number of rotatable bonds is 3. The summed E-state index contributed by atoms with van der Waals surface area (Å²) >= 11 is 0. The molecule has 0 radical (unpaired) electrons. The minimum Gasteiger partial charge on any atom is -0.478 e. The summed E-state index contributed by atoms with van der Waals surface area (Å²) in [5.41, 5.74) is 9.13. The van der Waals surface area contributed by atoms with Crippen LogP contribution in [-0.4, -0.2) is 30.6 Å². The average molecular weight is 266 g/mol. The van der Waals surface area contributed by atoms with Crippen molar-refractivity contribution in [3.63, 3.8) is 0 Å². The lowest BCUT2D eigenvalue weighted by Gasteiger charge is -2.30. The summed E-state index contributed by atoms with van der Waals surface area (Å²) in [4.78, 5) is 33.1. The van der Waals surface area contributed by atoms with Gasteiger partial charge in [0.15, 0.2) is 16.8 Å². The van der Waals surface area contributed by atoms with Gasteiger partial charge >= 0.3 is 5.97 Å². The Morgan fingerprint density at radius 2 is 2.21 bits per heavy atom. The van der Waals surface area contributed by atoms with Crippen LogP contribution in [0.1, 0.15) is 13.8 Å². The number of H-pyrrole nitrogens is 1. The van der Waals surface area contributed by atoms with Crippen molar-refractivity contribution in [2.24, 2.45) is 11.7 Å². The van der Waals surface area contributed by atoms with E-state index in [-0.39, 0.29) is 17.1 Å². The monoisotopic (exact) mass is 266 g/mol. The molecule has 2 rings (SSSR count). The summed E-state index contributed by atoms with van der Waals surface area (Å²) in [7, 11) is 0. The van der Waals surface area contributed by atoms with E-state index in [1.165, 1.54) is 6.33 Å². The summed E-state index contributed by atoms with van der Waals surface area (Å²) in [6.45, 7) is 3.30. The number of imidazole rings is 1. The van der Waals surface area contributed by atoms with E-state index in [4.69, 9.17) is 11.5 Å². The van der Waals surface area contributed by atoms with Crippen molar-refractivity contribution in [1.29, 1.82) is 0 Å². The molecule has 102 valence electrons. The Hall–Kier alpha value is -2.42. The normalized spacial score (nSPS) is 14.7. The van der Waals surface area contributed by atoms with Gasteiger partial charge in [0.05, 0.1) is 6.33 Å². The first-order valence-electron chi connectivity index (χ1n) is 5.54. The highest BCUT2D eigenvalue weighted by Gasteiger charge is 2.41. The molecule has 0 saturated heterocycles. The Labute approximate surface area is 107 Å². The Bertz CT molecular complexity index is 703. The number of nitrogens with zero attached hydrogens (tertiary/aromatic N) is 3. The third kappa shape index (κ3) is 1.74. The highest BCUT2D eigenvalue weighted by Crippen LogP contribution is 2.24. The fourth-order valence-electron chi connectivity index (χ4n) is 1.83. The van der Waals surface area contributed by atoms with Gasteiger partial charge in [-0.15, -0.1) is 0 Å². The predicted molar refractivity (Wildman–Crippen MR) is 67.2 cm³/mol. The zero-order chi connectivity index (χ0) is 14.4. The predicted octanol–water partition coefficient (Wildman–Crippen LogP) is -0.946. The van der Waals surface area contributed by atoms with Gasteiger partial charge in [0.2, 0.25) is 5.95 Å². The van der Waals surface area contributed by atoms with E-state index in [2.05, 4.69) is 15.0 Å². The number of aromatic nitrogens is 4. The van der Waals surface area contributed by atoms with Crippen molar-refractivity contribution in [2.45, 2.75) is 19.5 Å². The Morgan fingerprint density at radius 1 is 1.58 bits per heavy atom. The van der Waals surface area contributed by atoms with Gasteiger partial charge in [-0.3, -0.25) is 20.1 Å². The van der Waals surface area contributed by atoms with Crippen LogP contribution in [0.2, 0.25) is 0 Å². The first-order valence-corrected chi connectivity index (χ1v) is 5.54. The topological polar surface area (TPSA) is 153 Å². The molecule has 6 N–H and O–H groups in total. The number of carbonyl (C=O) groups is 1. The molecule has 0 bridgehead atoms. The van der Waals surface area contributed by atoms with E-state index in [1.54, 1.807) is 13.8 Å². The van der Waals surface area contributed by atoms with Gasteiger partial charge in [-0.05, 0) is 0 Å². The maximum atomic E-state index is 11.6. The molecule has 0 unspecified atom stereocenters.